The molecule has 1 heterocycles. The summed E-state index contributed by atoms with van der Waals surface area (Å²) >= 11 is 6.16. The van der Waals surface area contributed by atoms with Crippen molar-refractivity contribution in [1.29, 1.82) is 0 Å². The first-order valence-corrected chi connectivity index (χ1v) is 6.51. The van der Waals surface area contributed by atoms with Crippen molar-refractivity contribution in [3.8, 4) is 11.4 Å². The number of rotatable bonds is 2. The number of nitrogens with two attached hydrogens (primary N) is 1. The summed E-state index contributed by atoms with van der Waals surface area (Å²) in [6.07, 6.45) is 0. The van der Waals surface area contributed by atoms with Crippen LogP contribution in [0.25, 0.3) is 22.4 Å². The molecule has 0 amide bonds. The lowest BCUT2D eigenvalue weighted by Crippen LogP contribution is -1.96. The molecule has 0 aliphatic carbocycles. The number of hydrogen-bond acceptors (Lipinski definition) is 2. The van der Waals surface area contributed by atoms with E-state index in [4.69, 9.17) is 17.3 Å². The van der Waals surface area contributed by atoms with E-state index >= 15 is 0 Å². The Hall–Kier alpha value is -1.84. The highest BCUT2D eigenvalue weighted by Gasteiger charge is 2.11. The van der Waals surface area contributed by atoms with Gasteiger partial charge in [-0.25, -0.2) is 4.98 Å². The molecule has 3 N–H and O–H groups in total. The number of H-pyrrole nitrogens is 1. The van der Waals surface area contributed by atoms with Crippen LogP contribution in [-0.4, -0.2) is 9.97 Å². The Morgan fingerprint density at radius 3 is 2.79 bits per heavy atom. The quantitative estimate of drug-likeness (QED) is 0.747. The fourth-order valence-electron chi connectivity index (χ4n) is 2.25. The third-order valence-electron chi connectivity index (χ3n) is 3.34. The Kier molecular flexibility index (Phi) is 3.01. The first kappa shape index (κ1) is 12.2. The topological polar surface area (TPSA) is 54.7 Å². The molecule has 3 nitrogen and oxygen atoms in total. The molecule has 0 aliphatic rings. The normalized spacial score (nSPS) is 11.1. The maximum atomic E-state index is 6.16. The maximum absolute atomic E-state index is 6.16. The number of imidazole rings is 1. The van der Waals surface area contributed by atoms with E-state index in [0.29, 0.717) is 6.54 Å². The average molecular weight is 272 g/mol. The molecular weight excluding hydrogens is 258 g/mol. The highest BCUT2D eigenvalue weighted by molar-refractivity contribution is 6.31. The highest BCUT2D eigenvalue weighted by Crippen LogP contribution is 2.28. The molecule has 0 saturated heterocycles. The Morgan fingerprint density at radius 2 is 2.00 bits per heavy atom. The highest BCUT2D eigenvalue weighted by atomic mass is 35.5. The molecule has 0 saturated carbocycles. The summed E-state index contributed by atoms with van der Waals surface area (Å²) in [5, 5.41) is 0.747. The minimum atomic E-state index is 0.482. The molecule has 0 fully saturated rings. The molecular formula is C15H14ClN3. The molecule has 0 radical (unpaired) electrons. The van der Waals surface area contributed by atoms with Crippen LogP contribution in [0.15, 0.2) is 36.4 Å². The van der Waals surface area contributed by atoms with E-state index < -0.39 is 0 Å². The van der Waals surface area contributed by atoms with Crippen molar-refractivity contribution in [3.05, 3.63) is 52.5 Å². The fourth-order valence-corrected chi connectivity index (χ4v) is 2.42. The molecule has 0 atom stereocenters. The van der Waals surface area contributed by atoms with Crippen molar-refractivity contribution < 1.29 is 0 Å². The minimum absolute atomic E-state index is 0.482. The van der Waals surface area contributed by atoms with Gasteiger partial charge in [0.2, 0.25) is 0 Å². The lowest BCUT2D eigenvalue weighted by atomic mass is 10.1. The number of benzene rings is 2. The summed E-state index contributed by atoms with van der Waals surface area (Å²) in [4.78, 5) is 7.99. The summed E-state index contributed by atoms with van der Waals surface area (Å²) in [5.74, 6) is 0.830. The molecule has 96 valence electrons. The van der Waals surface area contributed by atoms with Crippen molar-refractivity contribution in [2.24, 2.45) is 5.73 Å². The lowest BCUT2D eigenvalue weighted by Gasteiger charge is -2.03. The van der Waals surface area contributed by atoms with Gasteiger partial charge in [0.15, 0.2) is 0 Å². The summed E-state index contributed by atoms with van der Waals surface area (Å²) < 4.78 is 0. The van der Waals surface area contributed by atoms with Gasteiger partial charge in [0.05, 0.1) is 11.0 Å². The van der Waals surface area contributed by atoms with E-state index in [1.165, 1.54) is 0 Å². The summed E-state index contributed by atoms with van der Waals surface area (Å²) in [6, 6.07) is 11.8. The van der Waals surface area contributed by atoms with Crippen molar-refractivity contribution in [1.82, 2.24) is 9.97 Å². The first-order chi connectivity index (χ1) is 9.20. The standard InChI is InChI=1S/C15H14ClN3/c1-9-11(5-3-6-12(9)16)15-18-13-7-2-4-10(8-17)14(13)19-15/h2-7H,8,17H2,1H3,(H,18,19). The first-order valence-electron chi connectivity index (χ1n) is 6.14. The van der Waals surface area contributed by atoms with E-state index in [1.807, 2.05) is 43.3 Å². The van der Waals surface area contributed by atoms with Crippen molar-refractivity contribution >= 4 is 22.6 Å². The molecule has 0 bridgehead atoms. The van der Waals surface area contributed by atoms with Crippen LogP contribution in [0.1, 0.15) is 11.1 Å². The molecule has 3 aromatic rings. The molecule has 4 heteroatoms. The van der Waals surface area contributed by atoms with Crippen LogP contribution >= 0.6 is 11.6 Å². The van der Waals surface area contributed by atoms with E-state index in [1.54, 1.807) is 0 Å². The predicted molar refractivity (Wildman–Crippen MR) is 79.2 cm³/mol. The smallest absolute Gasteiger partial charge is 0.138 e. The van der Waals surface area contributed by atoms with E-state index in [-0.39, 0.29) is 0 Å². The van der Waals surface area contributed by atoms with Gasteiger partial charge in [0, 0.05) is 17.1 Å². The van der Waals surface area contributed by atoms with Crippen LogP contribution in [0, 0.1) is 6.92 Å². The molecule has 0 spiro atoms. The van der Waals surface area contributed by atoms with E-state index in [0.717, 1.165) is 38.6 Å². The molecule has 0 unspecified atom stereocenters. The van der Waals surface area contributed by atoms with E-state index in [9.17, 15) is 0 Å². The second-order valence-electron chi connectivity index (χ2n) is 4.52. The molecule has 0 aliphatic heterocycles. The zero-order chi connectivity index (χ0) is 13.4. The molecule has 1 aromatic heterocycles. The van der Waals surface area contributed by atoms with Gasteiger partial charge in [-0.1, -0.05) is 35.9 Å². The molecule has 19 heavy (non-hydrogen) atoms. The zero-order valence-corrected chi connectivity index (χ0v) is 11.3. The van der Waals surface area contributed by atoms with Crippen LogP contribution in [0.2, 0.25) is 5.02 Å². The van der Waals surface area contributed by atoms with Gasteiger partial charge in [0.1, 0.15) is 5.82 Å². The number of nitrogens with one attached hydrogen (secondary N) is 1. The Labute approximate surface area is 116 Å². The van der Waals surface area contributed by atoms with E-state index in [2.05, 4.69) is 9.97 Å². The number of hydrogen-bond donors (Lipinski definition) is 2. The van der Waals surface area contributed by atoms with Gasteiger partial charge in [-0.2, -0.15) is 0 Å². The summed E-state index contributed by atoms with van der Waals surface area (Å²) in [6.45, 7) is 2.48. The Bertz CT molecular complexity index is 746. The van der Waals surface area contributed by atoms with Gasteiger partial charge in [0.25, 0.3) is 0 Å². The van der Waals surface area contributed by atoms with Gasteiger partial charge in [-0.05, 0) is 30.2 Å². The van der Waals surface area contributed by atoms with Crippen LogP contribution in [-0.2, 0) is 6.54 Å². The van der Waals surface area contributed by atoms with Gasteiger partial charge in [-0.15, -0.1) is 0 Å². The SMILES string of the molecule is Cc1c(Cl)cccc1-c1nc2c(CN)cccc2[nH]1. The number of nitrogens with zero attached hydrogens (tertiary/aromatic N) is 1. The molecule has 2 aromatic carbocycles. The Balaban J connectivity index is 2.24. The monoisotopic (exact) mass is 271 g/mol. The van der Waals surface area contributed by atoms with Gasteiger partial charge in [-0.3, -0.25) is 0 Å². The van der Waals surface area contributed by atoms with Crippen LogP contribution < -0.4 is 5.73 Å². The number of aromatic nitrogens is 2. The Morgan fingerprint density at radius 1 is 1.21 bits per heavy atom. The van der Waals surface area contributed by atoms with Crippen LogP contribution in [0.4, 0.5) is 0 Å². The average Bonchev–Trinajstić information content (AvgIpc) is 2.85. The van der Waals surface area contributed by atoms with Crippen LogP contribution in [0.3, 0.4) is 0 Å². The number of para-hydroxylation sites is 1. The number of aromatic amines is 1. The number of halogens is 1. The molecule has 3 rings (SSSR count). The van der Waals surface area contributed by atoms with Crippen molar-refractivity contribution in [2.75, 3.05) is 0 Å². The predicted octanol–water partition coefficient (Wildman–Crippen LogP) is 3.65. The second kappa shape index (κ2) is 4.68. The van der Waals surface area contributed by atoms with Crippen molar-refractivity contribution in [3.63, 3.8) is 0 Å². The van der Waals surface area contributed by atoms with Gasteiger partial charge < -0.3 is 10.7 Å². The third-order valence-corrected chi connectivity index (χ3v) is 3.75. The zero-order valence-electron chi connectivity index (χ0n) is 10.6. The third kappa shape index (κ3) is 2.01. The second-order valence-corrected chi connectivity index (χ2v) is 4.92. The van der Waals surface area contributed by atoms with Gasteiger partial charge >= 0.3 is 0 Å². The van der Waals surface area contributed by atoms with Crippen LogP contribution in [0.5, 0.6) is 0 Å². The fraction of sp³-hybridized carbons (Fsp3) is 0.133. The number of fused-ring (bicyclic) bond motifs is 1. The lowest BCUT2D eigenvalue weighted by molar-refractivity contribution is 1.08. The largest absolute Gasteiger partial charge is 0.338 e. The minimum Gasteiger partial charge on any atom is -0.338 e. The maximum Gasteiger partial charge on any atom is 0.138 e. The summed E-state index contributed by atoms with van der Waals surface area (Å²) in [5.41, 5.74) is 10.8. The summed E-state index contributed by atoms with van der Waals surface area (Å²) in [7, 11) is 0. The van der Waals surface area contributed by atoms with Crippen molar-refractivity contribution in [2.45, 2.75) is 13.5 Å².